The van der Waals surface area contributed by atoms with E-state index in [1.807, 2.05) is 11.0 Å². The lowest BCUT2D eigenvalue weighted by Gasteiger charge is -2.25. The van der Waals surface area contributed by atoms with E-state index in [-0.39, 0.29) is 17.9 Å². The summed E-state index contributed by atoms with van der Waals surface area (Å²) in [6.07, 6.45) is 0. The zero-order valence-corrected chi connectivity index (χ0v) is 11.2. The monoisotopic (exact) mass is 268 g/mol. The second-order valence-electron chi connectivity index (χ2n) is 4.23. The Kier molecular flexibility index (Phi) is 5.59. The molecule has 0 unspecified atom stereocenters. The van der Waals surface area contributed by atoms with Gasteiger partial charge >= 0.3 is 5.97 Å². The van der Waals surface area contributed by atoms with E-state index in [1.54, 1.807) is 14.0 Å². The number of carbonyl (C=O) groups is 1. The maximum atomic E-state index is 11.1. The fourth-order valence-electron chi connectivity index (χ4n) is 1.83. The number of hydrogen-bond donors (Lipinski definition) is 3. The average molecular weight is 268 g/mol. The number of nitrogen functional groups attached to an aromatic ring is 1. The summed E-state index contributed by atoms with van der Waals surface area (Å²) in [6, 6.07) is 3.34. The minimum absolute atomic E-state index is 0.0183. The lowest BCUT2D eigenvalue weighted by Crippen LogP contribution is -2.30. The van der Waals surface area contributed by atoms with Crippen molar-refractivity contribution < 1.29 is 19.7 Å². The lowest BCUT2D eigenvalue weighted by atomic mass is 10.1. The van der Waals surface area contributed by atoms with E-state index in [9.17, 15) is 4.79 Å². The number of carboxylic acids is 1. The molecule has 0 amide bonds. The Hall–Kier alpha value is -1.79. The Morgan fingerprint density at radius 2 is 2.11 bits per heavy atom. The molecule has 1 aromatic carbocycles. The number of methoxy groups -OCH3 is 1. The third-order valence-corrected chi connectivity index (χ3v) is 2.90. The molecule has 106 valence electrons. The summed E-state index contributed by atoms with van der Waals surface area (Å²) in [5.41, 5.74) is 7.52. The minimum atomic E-state index is -1.06. The van der Waals surface area contributed by atoms with Crippen LogP contribution in [-0.2, 0) is 4.74 Å². The van der Waals surface area contributed by atoms with Crippen LogP contribution in [0.1, 0.15) is 15.9 Å². The molecule has 6 heteroatoms. The van der Waals surface area contributed by atoms with Gasteiger partial charge in [0.2, 0.25) is 0 Å². The Bertz CT molecular complexity index is 449. The van der Waals surface area contributed by atoms with Gasteiger partial charge in [-0.25, -0.2) is 4.79 Å². The van der Waals surface area contributed by atoms with Gasteiger partial charge in [0.05, 0.1) is 18.8 Å². The molecular formula is C13H20N2O4. The van der Waals surface area contributed by atoms with Crippen molar-refractivity contribution in [1.82, 2.24) is 0 Å². The molecule has 0 saturated heterocycles. The average Bonchev–Trinajstić information content (AvgIpc) is 2.37. The highest BCUT2D eigenvalue weighted by Crippen LogP contribution is 2.25. The van der Waals surface area contributed by atoms with E-state index in [2.05, 4.69) is 0 Å². The summed E-state index contributed by atoms with van der Waals surface area (Å²) >= 11 is 0. The van der Waals surface area contributed by atoms with Crippen molar-refractivity contribution in [1.29, 1.82) is 0 Å². The summed E-state index contributed by atoms with van der Waals surface area (Å²) in [5, 5.41) is 18.2. The summed E-state index contributed by atoms with van der Waals surface area (Å²) in [4.78, 5) is 13.0. The molecule has 4 N–H and O–H groups in total. The lowest BCUT2D eigenvalue weighted by molar-refractivity contribution is 0.0698. The van der Waals surface area contributed by atoms with Gasteiger partial charge in [0.1, 0.15) is 0 Å². The quantitative estimate of drug-likeness (QED) is 0.631. The summed E-state index contributed by atoms with van der Waals surface area (Å²) in [5.74, 6) is -1.06. The number of nitrogens with zero attached hydrogens (tertiary/aromatic N) is 1. The Balaban J connectivity index is 3.12. The van der Waals surface area contributed by atoms with Crippen LogP contribution < -0.4 is 10.6 Å². The zero-order valence-electron chi connectivity index (χ0n) is 11.2. The summed E-state index contributed by atoms with van der Waals surface area (Å²) < 4.78 is 5.01. The number of benzene rings is 1. The van der Waals surface area contributed by atoms with E-state index in [0.29, 0.717) is 25.3 Å². The molecule has 0 aliphatic rings. The van der Waals surface area contributed by atoms with Crippen LogP contribution in [0.4, 0.5) is 11.4 Å². The predicted molar refractivity (Wildman–Crippen MR) is 73.7 cm³/mol. The maximum absolute atomic E-state index is 11.1. The Labute approximate surface area is 112 Å². The number of carboxylic acid groups (broad SMARTS) is 1. The molecule has 1 rings (SSSR count). The first kappa shape index (κ1) is 15.3. The number of hydrogen-bond acceptors (Lipinski definition) is 5. The number of aliphatic hydroxyl groups is 1. The van der Waals surface area contributed by atoms with Gasteiger partial charge in [0, 0.05) is 31.6 Å². The second kappa shape index (κ2) is 6.96. The third-order valence-electron chi connectivity index (χ3n) is 2.90. The largest absolute Gasteiger partial charge is 0.478 e. The topological polar surface area (TPSA) is 96.0 Å². The van der Waals surface area contributed by atoms with Gasteiger partial charge in [-0.15, -0.1) is 0 Å². The zero-order chi connectivity index (χ0) is 14.4. The molecule has 19 heavy (non-hydrogen) atoms. The smallest absolute Gasteiger partial charge is 0.337 e. The highest BCUT2D eigenvalue weighted by atomic mass is 16.5. The molecule has 6 nitrogen and oxygen atoms in total. The normalized spacial score (nSPS) is 10.5. The molecule has 0 spiro atoms. The van der Waals surface area contributed by atoms with Gasteiger partial charge in [0.25, 0.3) is 0 Å². The molecule has 0 aliphatic heterocycles. The van der Waals surface area contributed by atoms with Crippen LogP contribution >= 0.6 is 0 Å². The van der Waals surface area contributed by atoms with E-state index in [0.717, 1.165) is 5.69 Å². The van der Waals surface area contributed by atoms with Crippen LogP contribution in [0.25, 0.3) is 0 Å². The van der Waals surface area contributed by atoms with E-state index in [4.69, 9.17) is 20.7 Å². The van der Waals surface area contributed by atoms with Crippen molar-refractivity contribution in [2.24, 2.45) is 0 Å². The first-order chi connectivity index (χ1) is 9.01. The molecule has 0 atom stereocenters. The molecule has 0 fully saturated rings. The fraction of sp³-hybridized carbons (Fsp3) is 0.462. The van der Waals surface area contributed by atoms with Crippen molar-refractivity contribution in [3.8, 4) is 0 Å². The maximum Gasteiger partial charge on any atom is 0.337 e. The van der Waals surface area contributed by atoms with Crippen molar-refractivity contribution in [3.63, 3.8) is 0 Å². The van der Waals surface area contributed by atoms with Gasteiger partial charge in [0.15, 0.2) is 0 Å². The number of rotatable bonds is 7. The second-order valence-corrected chi connectivity index (χ2v) is 4.23. The molecule has 0 bridgehead atoms. The van der Waals surface area contributed by atoms with Gasteiger partial charge in [-0.3, -0.25) is 0 Å². The number of nitrogens with two attached hydrogens (primary N) is 1. The van der Waals surface area contributed by atoms with Gasteiger partial charge < -0.3 is 25.6 Å². The highest BCUT2D eigenvalue weighted by molar-refractivity contribution is 5.95. The number of aromatic carboxylic acids is 1. The Morgan fingerprint density at radius 1 is 1.42 bits per heavy atom. The highest BCUT2D eigenvalue weighted by Gasteiger charge is 2.15. The van der Waals surface area contributed by atoms with Crippen molar-refractivity contribution >= 4 is 17.3 Å². The van der Waals surface area contributed by atoms with E-state index in [1.165, 1.54) is 6.07 Å². The number of aryl methyl sites for hydroxylation is 1. The van der Waals surface area contributed by atoms with Crippen LogP contribution in [0.2, 0.25) is 0 Å². The van der Waals surface area contributed by atoms with Gasteiger partial charge in [-0.1, -0.05) is 0 Å². The SMILES string of the molecule is COCCN(CCO)c1cc(C)c(N)c(C(=O)O)c1. The number of aliphatic hydroxyl groups excluding tert-OH is 1. The first-order valence-electron chi connectivity index (χ1n) is 5.99. The standard InChI is InChI=1S/C13H20N2O4/c1-9-7-10(8-11(12(9)14)13(17)18)15(3-5-16)4-6-19-2/h7-8,16H,3-6,14H2,1-2H3,(H,17,18). The molecule has 0 saturated carbocycles. The van der Waals surface area contributed by atoms with Crippen molar-refractivity contribution in [2.45, 2.75) is 6.92 Å². The molecule has 1 aromatic rings. The molecular weight excluding hydrogens is 248 g/mol. The van der Waals surface area contributed by atoms with Crippen LogP contribution in [-0.4, -0.2) is 49.6 Å². The molecule has 0 aromatic heterocycles. The fourth-order valence-corrected chi connectivity index (χ4v) is 1.83. The molecule has 0 radical (unpaired) electrons. The van der Waals surface area contributed by atoms with Crippen LogP contribution in [0.3, 0.4) is 0 Å². The summed E-state index contributed by atoms with van der Waals surface area (Å²) in [7, 11) is 1.59. The third kappa shape index (κ3) is 3.84. The van der Waals surface area contributed by atoms with Gasteiger partial charge in [-0.05, 0) is 24.6 Å². The number of ether oxygens (including phenoxy) is 1. The molecule has 0 heterocycles. The number of anilines is 2. The van der Waals surface area contributed by atoms with Gasteiger partial charge in [-0.2, -0.15) is 0 Å². The van der Waals surface area contributed by atoms with E-state index < -0.39 is 5.97 Å². The van der Waals surface area contributed by atoms with Crippen LogP contribution in [0, 0.1) is 6.92 Å². The molecule has 0 aliphatic carbocycles. The summed E-state index contributed by atoms with van der Waals surface area (Å²) in [6.45, 7) is 3.21. The van der Waals surface area contributed by atoms with Crippen molar-refractivity contribution in [3.05, 3.63) is 23.3 Å². The minimum Gasteiger partial charge on any atom is -0.478 e. The van der Waals surface area contributed by atoms with Crippen molar-refractivity contribution in [2.75, 3.05) is 44.0 Å². The van der Waals surface area contributed by atoms with Crippen LogP contribution in [0.5, 0.6) is 0 Å². The van der Waals surface area contributed by atoms with E-state index >= 15 is 0 Å². The first-order valence-corrected chi connectivity index (χ1v) is 5.99. The Morgan fingerprint density at radius 3 is 2.63 bits per heavy atom. The predicted octanol–water partition coefficient (Wildman–Crippen LogP) is 0.721. The van der Waals surface area contributed by atoms with Crippen LogP contribution in [0.15, 0.2) is 12.1 Å².